The second-order valence-electron chi connectivity index (χ2n) is 7.48. The second kappa shape index (κ2) is 7.19. The lowest BCUT2D eigenvalue weighted by Gasteiger charge is -2.37. The summed E-state index contributed by atoms with van der Waals surface area (Å²) in [6.45, 7) is 4.90. The minimum absolute atomic E-state index is 0.270. The Hall–Kier alpha value is -1.46. The van der Waals surface area contributed by atoms with Gasteiger partial charge in [-0.2, -0.15) is 0 Å². The van der Waals surface area contributed by atoms with Gasteiger partial charge in [0, 0.05) is 57.3 Å². The Morgan fingerprint density at radius 1 is 1.12 bits per heavy atom. The van der Waals surface area contributed by atoms with Gasteiger partial charge in [-0.15, -0.1) is 0 Å². The summed E-state index contributed by atoms with van der Waals surface area (Å²) in [5.41, 5.74) is 1.02. The van der Waals surface area contributed by atoms with Gasteiger partial charge < -0.3 is 9.64 Å². The molecule has 4 fully saturated rings. The van der Waals surface area contributed by atoms with Crippen LogP contribution in [0.4, 0.5) is 0 Å². The molecule has 1 aromatic heterocycles. The summed E-state index contributed by atoms with van der Waals surface area (Å²) < 4.78 is 5.52. The number of pyridine rings is 1. The van der Waals surface area contributed by atoms with Gasteiger partial charge in [-0.3, -0.25) is 14.7 Å². The van der Waals surface area contributed by atoms with Gasteiger partial charge >= 0.3 is 0 Å². The third-order valence-corrected chi connectivity index (χ3v) is 5.85. The van der Waals surface area contributed by atoms with Crippen molar-refractivity contribution >= 4 is 5.91 Å². The van der Waals surface area contributed by atoms with E-state index in [2.05, 4.69) is 14.8 Å². The molecule has 1 aromatic rings. The molecule has 5 rings (SSSR count). The monoisotopic (exact) mass is 329 g/mol. The van der Waals surface area contributed by atoms with E-state index in [4.69, 9.17) is 4.74 Å². The van der Waals surface area contributed by atoms with Gasteiger partial charge in [-0.25, -0.2) is 0 Å². The average Bonchev–Trinajstić information content (AvgIpc) is 2.95. The number of aromatic nitrogens is 1. The van der Waals surface area contributed by atoms with E-state index in [9.17, 15) is 4.79 Å². The van der Waals surface area contributed by atoms with Crippen LogP contribution in [0.25, 0.3) is 0 Å². The van der Waals surface area contributed by atoms with E-state index in [1.165, 1.54) is 6.42 Å². The number of nitrogens with zero attached hydrogens (tertiary/aromatic N) is 3. The van der Waals surface area contributed by atoms with E-state index < -0.39 is 0 Å². The van der Waals surface area contributed by atoms with Crippen LogP contribution >= 0.6 is 0 Å². The Kier molecular flexibility index (Phi) is 4.81. The molecule has 0 N–H and O–H groups in total. The van der Waals surface area contributed by atoms with E-state index in [1.54, 1.807) is 6.20 Å². The molecule has 1 amide bonds. The van der Waals surface area contributed by atoms with Crippen LogP contribution in [-0.2, 0) is 16.0 Å². The summed E-state index contributed by atoms with van der Waals surface area (Å²) in [4.78, 5) is 21.8. The van der Waals surface area contributed by atoms with Gasteiger partial charge in [0.1, 0.15) is 0 Å². The largest absolute Gasteiger partial charge is 0.381 e. The van der Waals surface area contributed by atoms with E-state index in [0.29, 0.717) is 24.4 Å². The molecular formula is C19H27N3O2. The van der Waals surface area contributed by atoms with Crippen LogP contribution in [0, 0.1) is 5.92 Å². The predicted octanol–water partition coefficient (Wildman–Crippen LogP) is 1.73. The maximum Gasteiger partial charge on any atom is 0.227 e. The summed E-state index contributed by atoms with van der Waals surface area (Å²) in [5, 5.41) is 0. The Morgan fingerprint density at radius 3 is 2.79 bits per heavy atom. The molecule has 5 heteroatoms. The highest BCUT2D eigenvalue weighted by Crippen LogP contribution is 2.31. The van der Waals surface area contributed by atoms with Crippen LogP contribution in [0.3, 0.4) is 0 Å². The molecule has 0 radical (unpaired) electrons. The molecule has 2 bridgehead atoms. The zero-order valence-electron chi connectivity index (χ0n) is 14.3. The molecule has 0 aromatic carbocycles. The quantitative estimate of drug-likeness (QED) is 0.847. The van der Waals surface area contributed by atoms with Crippen LogP contribution in [0.1, 0.15) is 31.2 Å². The molecule has 0 unspecified atom stereocenters. The lowest BCUT2D eigenvalue weighted by molar-refractivity contribution is -0.134. The van der Waals surface area contributed by atoms with Crippen molar-refractivity contribution in [1.82, 2.24) is 14.8 Å². The Bertz CT molecular complexity index is 559. The fourth-order valence-corrected chi connectivity index (χ4v) is 4.55. The minimum Gasteiger partial charge on any atom is -0.381 e. The predicted molar refractivity (Wildman–Crippen MR) is 91.6 cm³/mol. The number of carbonyl (C=O) groups is 1. The highest BCUT2D eigenvalue weighted by Gasteiger charge is 2.39. The highest BCUT2D eigenvalue weighted by atomic mass is 16.5. The molecule has 4 saturated heterocycles. The summed E-state index contributed by atoms with van der Waals surface area (Å²) >= 11 is 0. The maximum atomic E-state index is 12.9. The second-order valence-corrected chi connectivity index (χ2v) is 7.48. The number of ether oxygens (including phenoxy) is 1. The lowest BCUT2D eigenvalue weighted by atomic mass is 9.94. The van der Waals surface area contributed by atoms with Gasteiger partial charge in [0.15, 0.2) is 0 Å². The van der Waals surface area contributed by atoms with E-state index in [0.717, 1.165) is 57.7 Å². The summed E-state index contributed by atoms with van der Waals surface area (Å²) in [7, 11) is 0. The molecule has 0 spiro atoms. The van der Waals surface area contributed by atoms with Gasteiger partial charge in [-0.1, -0.05) is 6.07 Å². The van der Waals surface area contributed by atoms with Crippen molar-refractivity contribution in [2.75, 3.05) is 32.8 Å². The number of fused-ring (bicyclic) bond motifs is 4. The number of hydrogen-bond acceptors (Lipinski definition) is 4. The van der Waals surface area contributed by atoms with Crippen LogP contribution in [-0.4, -0.2) is 65.6 Å². The number of amides is 1. The molecule has 24 heavy (non-hydrogen) atoms. The van der Waals surface area contributed by atoms with Gasteiger partial charge in [0.2, 0.25) is 5.91 Å². The molecule has 130 valence electrons. The van der Waals surface area contributed by atoms with E-state index >= 15 is 0 Å². The first-order chi connectivity index (χ1) is 11.8. The minimum atomic E-state index is 0.270. The molecule has 5 nitrogen and oxygen atoms in total. The fraction of sp³-hybridized carbons (Fsp3) is 0.684. The lowest BCUT2D eigenvalue weighted by Crippen LogP contribution is -2.49. The van der Waals surface area contributed by atoms with Crippen LogP contribution in [0.5, 0.6) is 0 Å². The molecule has 4 aliphatic rings. The molecule has 4 aliphatic heterocycles. The zero-order chi connectivity index (χ0) is 16.4. The van der Waals surface area contributed by atoms with Crippen molar-refractivity contribution in [3.05, 3.63) is 30.1 Å². The highest BCUT2D eigenvalue weighted by molar-refractivity contribution is 5.79. The van der Waals surface area contributed by atoms with Gasteiger partial charge in [-0.05, 0) is 43.2 Å². The topological polar surface area (TPSA) is 45.7 Å². The molecule has 2 atom stereocenters. The van der Waals surface area contributed by atoms with Gasteiger partial charge in [0.25, 0.3) is 0 Å². The maximum absolute atomic E-state index is 12.9. The van der Waals surface area contributed by atoms with E-state index in [-0.39, 0.29) is 5.91 Å². The van der Waals surface area contributed by atoms with Crippen molar-refractivity contribution in [2.45, 2.75) is 44.2 Å². The number of carbonyl (C=O) groups excluding carboxylic acids is 1. The third kappa shape index (κ3) is 3.47. The van der Waals surface area contributed by atoms with Crippen LogP contribution in [0.2, 0.25) is 0 Å². The summed E-state index contributed by atoms with van der Waals surface area (Å²) in [6, 6.07) is 4.94. The van der Waals surface area contributed by atoms with Crippen molar-refractivity contribution < 1.29 is 9.53 Å². The summed E-state index contributed by atoms with van der Waals surface area (Å²) in [6.07, 6.45) is 8.75. The standard InChI is InChI=1S/C19H27N3O2/c23-19(10-15-2-1-7-20-11-15)22-13-16-3-4-18(22)14-21(12-16)17-5-8-24-9-6-17/h1-2,7,11,16-18H,3-6,8-10,12-14H2/t16-,18+/m1/s1. The summed E-state index contributed by atoms with van der Waals surface area (Å²) in [5.74, 6) is 0.899. The number of rotatable bonds is 3. The first kappa shape index (κ1) is 16.0. The Morgan fingerprint density at radius 2 is 2.00 bits per heavy atom. The average molecular weight is 329 g/mol. The fourth-order valence-electron chi connectivity index (χ4n) is 4.55. The molecular weight excluding hydrogens is 302 g/mol. The number of hydrogen-bond donors (Lipinski definition) is 0. The van der Waals surface area contributed by atoms with Crippen LogP contribution < -0.4 is 0 Å². The third-order valence-electron chi connectivity index (χ3n) is 5.85. The number of piperidine rings is 1. The molecule has 0 saturated carbocycles. The molecule has 5 heterocycles. The first-order valence-electron chi connectivity index (χ1n) is 9.30. The van der Waals surface area contributed by atoms with Crippen molar-refractivity contribution in [2.24, 2.45) is 5.92 Å². The Labute approximate surface area is 144 Å². The molecule has 0 aliphatic carbocycles. The first-order valence-corrected chi connectivity index (χ1v) is 9.30. The van der Waals surface area contributed by atoms with Gasteiger partial charge in [0.05, 0.1) is 6.42 Å². The van der Waals surface area contributed by atoms with Crippen molar-refractivity contribution in [3.63, 3.8) is 0 Å². The van der Waals surface area contributed by atoms with Crippen molar-refractivity contribution in [3.8, 4) is 0 Å². The normalized spacial score (nSPS) is 28.8. The van der Waals surface area contributed by atoms with Crippen molar-refractivity contribution in [1.29, 1.82) is 0 Å². The zero-order valence-corrected chi connectivity index (χ0v) is 14.3. The Balaban J connectivity index is 1.43. The van der Waals surface area contributed by atoms with E-state index in [1.807, 2.05) is 18.3 Å². The van der Waals surface area contributed by atoms with Crippen LogP contribution in [0.15, 0.2) is 24.5 Å². The smallest absolute Gasteiger partial charge is 0.227 e. The SMILES string of the molecule is O=C(Cc1cccnc1)N1C[C@@H]2CC[C@H]1CN(C1CCOCC1)C2.